The zero-order valence-corrected chi connectivity index (χ0v) is 13.6. The molecule has 4 rings (SSSR count). The van der Waals surface area contributed by atoms with Gasteiger partial charge in [-0.1, -0.05) is 0 Å². The number of nitrogens with one attached hydrogen (secondary N) is 1. The molecule has 3 aromatic rings. The van der Waals surface area contributed by atoms with Crippen LogP contribution >= 0.6 is 0 Å². The predicted molar refractivity (Wildman–Crippen MR) is 90.2 cm³/mol. The average molecular weight is 340 g/mol. The van der Waals surface area contributed by atoms with Crippen molar-refractivity contribution in [3.63, 3.8) is 0 Å². The van der Waals surface area contributed by atoms with Crippen LogP contribution in [0.5, 0.6) is 0 Å². The molecule has 1 fully saturated rings. The topological polar surface area (TPSA) is 106 Å². The molecule has 128 valence electrons. The van der Waals surface area contributed by atoms with E-state index in [0.29, 0.717) is 41.9 Å². The standard InChI is InChI=1S/C16H16N6O3/c1-10(23)19-12-3-2-11(8-17-12)14-20-15-13(25-9-18-15)16(21-14)22-4-6-24-7-5-22/h2-3,8-9H,4-7H2,1H3,(H,17,19,23). The summed E-state index contributed by atoms with van der Waals surface area (Å²) in [7, 11) is 0. The molecule has 1 aliphatic heterocycles. The first-order valence-corrected chi connectivity index (χ1v) is 7.88. The van der Waals surface area contributed by atoms with Gasteiger partial charge in [0.05, 0.1) is 13.2 Å². The summed E-state index contributed by atoms with van der Waals surface area (Å²) in [5.41, 5.74) is 1.79. The SMILES string of the molecule is CC(=O)Nc1ccc(-c2nc(N3CCOCC3)c3ocnc3n2)cn1. The first-order valence-electron chi connectivity index (χ1n) is 7.88. The first-order chi connectivity index (χ1) is 12.2. The smallest absolute Gasteiger partial charge is 0.222 e. The second kappa shape index (κ2) is 6.44. The van der Waals surface area contributed by atoms with Crippen molar-refractivity contribution in [2.45, 2.75) is 6.92 Å². The molecule has 1 aliphatic rings. The summed E-state index contributed by atoms with van der Waals surface area (Å²) in [5, 5.41) is 2.63. The van der Waals surface area contributed by atoms with E-state index in [1.54, 1.807) is 12.3 Å². The number of carbonyl (C=O) groups is 1. The minimum absolute atomic E-state index is 0.171. The third-order valence-electron chi connectivity index (χ3n) is 3.81. The molecule has 0 saturated carbocycles. The predicted octanol–water partition coefficient (Wildman–Crippen LogP) is 1.47. The van der Waals surface area contributed by atoms with Gasteiger partial charge in [0.15, 0.2) is 18.0 Å². The fraction of sp³-hybridized carbons (Fsp3) is 0.312. The Morgan fingerprint density at radius 2 is 2.04 bits per heavy atom. The van der Waals surface area contributed by atoms with Gasteiger partial charge < -0.3 is 19.4 Å². The molecule has 0 spiro atoms. The van der Waals surface area contributed by atoms with E-state index in [9.17, 15) is 4.79 Å². The number of pyridine rings is 1. The highest BCUT2D eigenvalue weighted by atomic mass is 16.5. The number of ether oxygens (including phenoxy) is 1. The Morgan fingerprint density at radius 1 is 1.20 bits per heavy atom. The second-order valence-electron chi connectivity index (χ2n) is 5.59. The van der Waals surface area contributed by atoms with Crippen LogP contribution in [0, 0.1) is 0 Å². The average Bonchev–Trinajstić information content (AvgIpc) is 3.10. The fourth-order valence-corrected chi connectivity index (χ4v) is 2.65. The number of oxazole rings is 1. The van der Waals surface area contributed by atoms with Gasteiger partial charge in [0, 0.05) is 31.8 Å². The second-order valence-corrected chi connectivity index (χ2v) is 5.59. The van der Waals surface area contributed by atoms with Gasteiger partial charge in [-0.25, -0.2) is 15.0 Å². The van der Waals surface area contributed by atoms with E-state index >= 15 is 0 Å². The third-order valence-corrected chi connectivity index (χ3v) is 3.81. The minimum Gasteiger partial charge on any atom is -0.438 e. The van der Waals surface area contributed by atoms with Crippen LogP contribution < -0.4 is 10.2 Å². The molecule has 4 heterocycles. The Hall–Kier alpha value is -3.07. The molecule has 0 radical (unpaired) electrons. The highest BCUT2D eigenvalue weighted by Crippen LogP contribution is 2.27. The molecule has 3 aromatic heterocycles. The summed E-state index contributed by atoms with van der Waals surface area (Å²) in [6.45, 7) is 4.17. The van der Waals surface area contributed by atoms with Crippen LogP contribution in [-0.4, -0.2) is 52.1 Å². The van der Waals surface area contributed by atoms with Crippen LogP contribution in [0.15, 0.2) is 29.1 Å². The van der Waals surface area contributed by atoms with E-state index in [1.165, 1.54) is 13.3 Å². The van der Waals surface area contributed by atoms with Crippen molar-refractivity contribution in [2.24, 2.45) is 0 Å². The Kier molecular flexibility index (Phi) is 3.98. The van der Waals surface area contributed by atoms with Crippen molar-refractivity contribution < 1.29 is 13.9 Å². The summed E-state index contributed by atoms with van der Waals surface area (Å²) in [6, 6.07) is 3.52. The van der Waals surface area contributed by atoms with Crippen molar-refractivity contribution >= 4 is 28.8 Å². The summed E-state index contributed by atoms with van der Waals surface area (Å²) < 4.78 is 10.9. The van der Waals surface area contributed by atoms with Crippen molar-refractivity contribution in [3.05, 3.63) is 24.7 Å². The van der Waals surface area contributed by atoms with Crippen LogP contribution in [0.4, 0.5) is 11.6 Å². The molecule has 9 heteroatoms. The lowest BCUT2D eigenvalue weighted by Crippen LogP contribution is -2.37. The third kappa shape index (κ3) is 3.13. The van der Waals surface area contributed by atoms with Crippen molar-refractivity contribution in [1.29, 1.82) is 0 Å². The molecule has 1 N–H and O–H groups in total. The van der Waals surface area contributed by atoms with E-state index < -0.39 is 0 Å². The van der Waals surface area contributed by atoms with Gasteiger partial charge in [-0.2, -0.15) is 4.98 Å². The monoisotopic (exact) mass is 340 g/mol. The molecule has 0 bridgehead atoms. The molecule has 25 heavy (non-hydrogen) atoms. The molecular formula is C16H16N6O3. The summed E-state index contributed by atoms with van der Waals surface area (Å²) in [4.78, 5) is 30.7. The Bertz CT molecular complexity index is 902. The number of hydrogen-bond acceptors (Lipinski definition) is 8. The van der Waals surface area contributed by atoms with Crippen LogP contribution in [0.3, 0.4) is 0 Å². The molecule has 1 amide bonds. The Balaban J connectivity index is 1.73. The van der Waals surface area contributed by atoms with Crippen LogP contribution in [0.1, 0.15) is 6.92 Å². The number of aromatic nitrogens is 4. The van der Waals surface area contributed by atoms with E-state index in [4.69, 9.17) is 9.15 Å². The maximum Gasteiger partial charge on any atom is 0.222 e. The molecule has 0 unspecified atom stereocenters. The first kappa shape index (κ1) is 15.5. The molecule has 0 atom stereocenters. The number of nitrogens with zero attached hydrogens (tertiary/aromatic N) is 5. The maximum atomic E-state index is 11.1. The number of carbonyl (C=O) groups excluding carboxylic acids is 1. The van der Waals surface area contributed by atoms with Crippen molar-refractivity contribution in [2.75, 3.05) is 36.5 Å². The number of fused-ring (bicyclic) bond motifs is 1. The quantitative estimate of drug-likeness (QED) is 0.764. The van der Waals surface area contributed by atoms with E-state index in [-0.39, 0.29) is 5.91 Å². The minimum atomic E-state index is -0.171. The highest BCUT2D eigenvalue weighted by molar-refractivity contribution is 5.88. The zero-order chi connectivity index (χ0) is 17.2. The van der Waals surface area contributed by atoms with Gasteiger partial charge in [0.2, 0.25) is 17.1 Å². The highest BCUT2D eigenvalue weighted by Gasteiger charge is 2.20. The van der Waals surface area contributed by atoms with E-state index in [1.807, 2.05) is 6.07 Å². The van der Waals surface area contributed by atoms with Crippen LogP contribution in [0.25, 0.3) is 22.6 Å². The van der Waals surface area contributed by atoms with Crippen LogP contribution in [-0.2, 0) is 9.53 Å². The normalized spacial score (nSPS) is 14.7. The molecular weight excluding hydrogens is 324 g/mol. The van der Waals surface area contributed by atoms with Crippen molar-refractivity contribution in [1.82, 2.24) is 19.9 Å². The molecule has 0 aromatic carbocycles. The zero-order valence-electron chi connectivity index (χ0n) is 13.6. The van der Waals surface area contributed by atoms with E-state index in [2.05, 4.69) is 30.2 Å². The largest absolute Gasteiger partial charge is 0.438 e. The number of amides is 1. The fourth-order valence-electron chi connectivity index (χ4n) is 2.65. The van der Waals surface area contributed by atoms with Crippen molar-refractivity contribution in [3.8, 4) is 11.4 Å². The summed E-state index contributed by atoms with van der Waals surface area (Å²) in [6.07, 6.45) is 2.99. The van der Waals surface area contributed by atoms with E-state index in [0.717, 1.165) is 18.7 Å². The van der Waals surface area contributed by atoms with Gasteiger partial charge >= 0.3 is 0 Å². The summed E-state index contributed by atoms with van der Waals surface area (Å²) in [5.74, 6) is 1.51. The van der Waals surface area contributed by atoms with Gasteiger partial charge in [-0.05, 0) is 12.1 Å². The van der Waals surface area contributed by atoms with Gasteiger partial charge in [0.1, 0.15) is 5.82 Å². The van der Waals surface area contributed by atoms with Gasteiger partial charge in [0.25, 0.3) is 0 Å². The lowest BCUT2D eigenvalue weighted by Gasteiger charge is -2.27. The van der Waals surface area contributed by atoms with Crippen LogP contribution in [0.2, 0.25) is 0 Å². The lowest BCUT2D eigenvalue weighted by atomic mass is 10.2. The Labute approximate surface area is 143 Å². The summed E-state index contributed by atoms with van der Waals surface area (Å²) >= 11 is 0. The number of morpholine rings is 1. The molecule has 0 aliphatic carbocycles. The molecule has 9 nitrogen and oxygen atoms in total. The van der Waals surface area contributed by atoms with Gasteiger partial charge in [-0.3, -0.25) is 4.79 Å². The maximum absolute atomic E-state index is 11.1. The number of rotatable bonds is 3. The lowest BCUT2D eigenvalue weighted by molar-refractivity contribution is -0.114. The Morgan fingerprint density at radius 3 is 2.76 bits per heavy atom. The number of hydrogen-bond donors (Lipinski definition) is 1. The van der Waals surface area contributed by atoms with Gasteiger partial charge in [-0.15, -0.1) is 0 Å². The molecule has 1 saturated heterocycles. The number of anilines is 2.